The van der Waals surface area contributed by atoms with Crippen molar-refractivity contribution in [1.29, 1.82) is 0 Å². The van der Waals surface area contributed by atoms with Gasteiger partial charge in [-0.25, -0.2) is 9.59 Å². The standard InChI is InChI=1S/C11H17N5O4/c1-6(7-4-13-14-5-7)15-11(20)16-8(10(18)19)2-3-9(12)17/h4-6,8H,2-3H2,1H3,(H2,12,17)(H,13,14)(H,18,19)(H2,15,16,20). The molecule has 0 bridgehead atoms. The van der Waals surface area contributed by atoms with E-state index in [0.29, 0.717) is 0 Å². The van der Waals surface area contributed by atoms with E-state index in [1.807, 2.05) is 0 Å². The Morgan fingerprint density at radius 2 is 2.15 bits per heavy atom. The van der Waals surface area contributed by atoms with Gasteiger partial charge in [-0.3, -0.25) is 9.89 Å². The molecule has 9 heteroatoms. The number of aromatic amines is 1. The fraction of sp³-hybridized carbons (Fsp3) is 0.455. The second kappa shape index (κ2) is 7.12. The molecule has 110 valence electrons. The first-order valence-corrected chi connectivity index (χ1v) is 5.97. The van der Waals surface area contributed by atoms with E-state index in [9.17, 15) is 14.4 Å². The number of rotatable bonds is 7. The third-order valence-corrected chi connectivity index (χ3v) is 2.65. The van der Waals surface area contributed by atoms with Crippen LogP contribution < -0.4 is 16.4 Å². The second-order valence-electron chi connectivity index (χ2n) is 4.27. The molecule has 1 aromatic heterocycles. The number of nitrogens with zero attached hydrogens (tertiary/aromatic N) is 1. The van der Waals surface area contributed by atoms with Gasteiger partial charge in [0.15, 0.2) is 0 Å². The van der Waals surface area contributed by atoms with Gasteiger partial charge in [0.25, 0.3) is 0 Å². The average Bonchev–Trinajstić information content (AvgIpc) is 2.87. The lowest BCUT2D eigenvalue weighted by atomic mass is 10.1. The van der Waals surface area contributed by atoms with Crippen molar-refractivity contribution in [2.24, 2.45) is 5.73 Å². The van der Waals surface area contributed by atoms with Crippen molar-refractivity contribution in [3.05, 3.63) is 18.0 Å². The first kappa shape index (κ1) is 15.5. The summed E-state index contributed by atoms with van der Waals surface area (Å²) in [5.41, 5.74) is 5.70. The zero-order chi connectivity index (χ0) is 15.1. The molecule has 0 spiro atoms. The minimum atomic E-state index is -1.22. The summed E-state index contributed by atoms with van der Waals surface area (Å²) in [6.45, 7) is 1.73. The number of urea groups is 1. The predicted octanol–water partition coefficient (Wildman–Crippen LogP) is -0.511. The Bertz CT molecular complexity index is 473. The highest BCUT2D eigenvalue weighted by molar-refractivity contribution is 5.83. The lowest BCUT2D eigenvalue weighted by Gasteiger charge is -2.17. The molecule has 0 aliphatic carbocycles. The van der Waals surface area contributed by atoms with E-state index in [1.165, 1.54) is 0 Å². The highest BCUT2D eigenvalue weighted by Crippen LogP contribution is 2.08. The van der Waals surface area contributed by atoms with Gasteiger partial charge in [0.1, 0.15) is 6.04 Å². The average molecular weight is 283 g/mol. The van der Waals surface area contributed by atoms with Crippen LogP contribution in [0.4, 0.5) is 4.79 Å². The van der Waals surface area contributed by atoms with Gasteiger partial charge in [-0.05, 0) is 13.3 Å². The minimum absolute atomic E-state index is 0.0574. The number of hydrogen-bond donors (Lipinski definition) is 5. The SMILES string of the molecule is CC(NC(=O)NC(CCC(N)=O)C(=O)O)c1cn[nH]c1. The fourth-order valence-electron chi connectivity index (χ4n) is 1.52. The van der Waals surface area contributed by atoms with Gasteiger partial charge in [-0.15, -0.1) is 0 Å². The van der Waals surface area contributed by atoms with Crippen molar-refractivity contribution in [1.82, 2.24) is 20.8 Å². The smallest absolute Gasteiger partial charge is 0.326 e. The number of H-pyrrole nitrogens is 1. The third kappa shape index (κ3) is 4.96. The van der Waals surface area contributed by atoms with Crippen molar-refractivity contribution >= 4 is 17.9 Å². The Hall–Kier alpha value is -2.58. The number of aliphatic carboxylic acids is 1. The molecule has 1 heterocycles. The zero-order valence-electron chi connectivity index (χ0n) is 10.9. The molecule has 9 nitrogen and oxygen atoms in total. The van der Waals surface area contributed by atoms with Gasteiger partial charge in [0, 0.05) is 18.2 Å². The molecule has 2 unspecified atom stereocenters. The molecular weight excluding hydrogens is 266 g/mol. The number of hydrogen-bond acceptors (Lipinski definition) is 4. The Morgan fingerprint density at radius 1 is 1.45 bits per heavy atom. The summed E-state index contributed by atoms with van der Waals surface area (Å²) in [7, 11) is 0. The number of carbonyl (C=O) groups is 3. The maximum Gasteiger partial charge on any atom is 0.326 e. The second-order valence-corrected chi connectivity index (χ2v) is 4.27. The summed E-state index contributed by atoms with van der Waals surface area (Å²) in [5.74, 6) is -1.84. The van der Waals surface area contributed by atoms with Gasteiger partial charge in [0.2, 0.25) is 5.91 Å². The van der Waals surface area contributed by atoms with Crippen LogP contribution >= 0.6 is 0 Å². The summed E-state index contributed by atoms with van der Waals surface area (Å²) < 4.78 is 0. The maximum atomic E-state index is 11.7. The first-order chi connectivity index (χ1) is 9.40. The monoisotopic (exact) mass is 283 g/mol. The van der Waals surface area contributed by atoms with Crippen LogP contribution in [-0.4, -0.2) is 39.3 Å². The van der Waals surface area contributed by atoms with Crippen LogP contribution in [0.15, 0.2) is 12.4 Å². The van der Waals surface area contributed by atoms with E-state index in [0.717, 1.165) is 5.56 Å². The van der Waals surface area contributed by atoms with E-state index in [1.54, 1.807) is 19.3 Å². The van der Waals surface area contributed by atoms with Crippen molar-refractivity contribution < 1.29 is 19.5 Å². The van der Waals surface area contributed by atoms with Crippen molar-refractivity contribution in [2.45, 2.75) is 31.8 Å². The van der Waals surface area contributed by atoms with Crippen LogP contribution in [0, 0.1) is 0 Å². The van der Waals surface area contributed by atoms with Crippen LogP contribution in [0.2, 0.25) is 0 Å². The highest BCUT2D eigenvalue weighted by Gasteiger charge is 2.21. The van der Waals surface area contributed by atoms with E-state index in [4.69, 9.17) is 10.8 Å². The summed E-state index contributed by atoms with van der Waals surface area (Å²) in [4.78, 5) is 33.3. The Morgan fingerprint density at radius 3 is 2.65 bits per heavy atom. The lowest BCUT2D eigenvalue weighted by molar-refractivity contribution is -0.139. The number of primary amides is 1. The van der Waals surface area contributed by atoms with E-state index in [2.05, 4.69) is 20.8 Å². The summed E-state index contributed by atoms with van der Waals surface area (Å²) in [6.07, 6.45) is 2.99. The number of carbonyl (C=O) groups excluding carboxylic acids is 2. The maximum absolute atomic E-state index is 11.7. The summed E-state index contributed by atoms with van der Waals surface area (Å²) in [5, 5.41) is 20.1. The van der Waals surface area contributed by atoms with Gasteiger partial charge < -0.3 is 21.5 Å². The molecule has 6 N–H and O–H groups in total. The number of nitrogens with two attached hydrogens (primary N) is 1. The van der Waals surface area contributed by atoms with Crippen LogP contribution in [0.3, 0.4) is 0 Å². The fourth-order valence-corrected chi connectivity index (χ4v) is 1.52. The molecule has 0 radical (unpaired) electrons. The molecule has 20 heavy (non-hydrogen) atoms. The van der Waals surface area contributed by atoms with E-state index in [-0.39, 0.29) is 18.9 Å². The molecule has 1 aromatic rings. The molecule has 3 amide bonds. The van der Waals surface area contributed by atoms with Gasteiger partial charge in [-0.1, -0.05) is 0 Å². The molecule has 0 aliphatic rings. The Kier molecular flexibility index (Phi) is 5.51. The summed E-state index contributed by atoms with van der Waals surface area (Å²) in [6, 6.07) is -2.14. The van der Waals surface area contributed by atoms with Crippen LogP contribution in [0.1, 0.15) is 31.4 Å². The van der Waals surface area contributed by atoms with E-state index >= 15 is 0 Å². The summed E-state index contributed by atoms with van der Waals surface area (Å²) >= 11 is 0. The van der Waals surface area contributed by atoms with Crippen molar-refractivity contribution in [3.8, 4) is 0 Å². The lowest BCUT2D eigenvalue weighted by Crippen LogP contribution is -2.46. The number of amides is 3. The quantitative estimate of drug-likeness (QED) is 0.456. The van der Waals surface area contributed by atoms with Gasteiger partial charge >= 0.3 is 12.0 Å². The van der Waals surface area contributed by atoms with Crippen molar-refractivity contribution in [2.75, 3.05) is 0 Å². The van der Waals surface area contributed by atoms with Crippen LogP contribution in [0.25, 0.3) is 0 Å². The van der Waals surface area contributed by atoms with Gasteiger partial charge in [0.05, 0.1) is 12.2 Å². The largest absolute Gasteiger partial charge is 0.480 e. The third-order valence-electron chi connectivity index (χ3n) is 2.65. The number of carboxylic acids is 1. The zero-order valence-corrected chi connectivity index (χ0v) is 10.9. The molecular formula is C11H17N5O4. The molecule has 0 aliphatic heterocycles. The predicted molar refractivity (Wildman–Crippen MR) is 68.5 cm³/mol. The molecule has 2 atom stereocenters. The Balaban J connectivity index is 2.49. The molecule has 0 aromatic carbocycles. The molecule has 0 saturated heterocycles. The minimum Gasteiger partial charge on any atom is -0.480 e. The van der Waals surface area contributed by atoms with Gasteiger partial charge in [-0.2, -0.15) is 5.10 Å². The first-order valence-electron chi connectivity index (χ1n) is 5.97. The van der Waals surface area contributed by atoms with Crippen LogP contribution in [0.5, 0.6) is 0 Å². The topological polar surface area (TPSA) is 150 Å². The normalized spacial score (nSPS) is 13.2. The molecule has 1 rings (SSSR count). The number of aromatic nitrogens is 2. The van der Waals surface area contributed by atoms with E-state index < -0.39 is 23.9 Å². The molecule has 0 saturated carbocycles. The Labute approximate surface area is 114 Å². The number of carboxylic acid groups (broad SMARTS) is 1. The molecule has 0 fully saturated rings. The van der Waals surface area contributed by atoms with Crippen molar-refractivity contribution in [3.63, 3.8) is 0 Å². The number of nitrogens with one attached hydrogen (secondary N) is 3. The highest BCUT2D eigenvalue weighted by atomic mass is 16.4. The van der Waals surface area contributed by atoms with Crippen LogP contribution in [-0.2, 0) is 9.59 Å².